The van der Waals surface area contributed by atoms with Crippen molar-refractivity contribution >= 4 is 21.9 Å². The van der Waals surface area contributed by atoms with Gasteiger partial charge in [-0.25, -0.2) is 0 Å². The number of carbonyl (C=O) groups is 1. The van der Waals surface area contributed by atoms with E-state index in [-0.39, 0.29) is 0 Å². The minimum absolute atomic E-state index is 0.346. The molecule has 0 spiro atoms. The van der Waals surface area contributed by atoms with Crippen LogP contribution in [-0.4, -0.2) is 19.1 Å². The van der Waals surface area contributed by atoms with Crippen LogP contribution in [0.3, 0.4) is 0 Å². The van der Waals surface area contributed by atoms with E-state index in [4.69, 9.17) is 10.2 Å². The van der Waals surface area contributed by atoms with Gasteiger partial charge in [0.05, 0.1) is 11.6 Å². The van der Waals surface area contributed by atoms with Gasteiger partial charge >= 0.3 is 5.97 Å². The summed E-state index contributed by atoms with van der Waals surface area (Å²) in [7, 11) is 1.31. The number of nitrogens with two attached hydrogens (primary N) is 1. The Morgan fingerprint density at radius 3 is 3.00 bits per heavy atom. The van der Waals surface area contributed by atoms with Crippen molar-refractivity contribution in [3.63, 3.8) is 0 Å². The van der Waals surface area contributed by atoms with Gasteiger partial charge in [0.1, 0.15) is 18.1 Å². The van der Waals surface area contributed by atoms with Gasteiger partial charge in [-0.3, -0.25) is 4.79 Å². The average Bonchev–Trinajstić information content (AvgIpc) is 2.49. The van der Waals surface area contributed by atoms with Crippen molar-refractivity contribution in [2.45, 2.75) is 12.5 Å². The Kier molecular flexibility index (Phi) is 3.50. The smallest absolute Gasteiger partial charge is 0.323 e. The number of esters is 1. The van der Waals surface area contributed by atoms with Crippen LogP contribution in [0.5, 0.6) is 0 Å². The predicted octanol–water partition coefficient (Wildman–Crippen LogP) is 1.08. The molecule has 0 aliphatic heterocycles. The van der Waals surface area contributed by atoms with Crippen LogP contribution in [0.2, 0.25) is 0 Å². The van der Waals surface area contributed by atoms with Gasteiger partial charge in [0.2, 0.25) is 0 Å². The molecule has 1 atom stereocenters. The molecular formula is C8H10BrNO3. The van der Waals surface area contributed by atoms with Gasteiger partial charge in [-0.05, 0) is 22.0 Å². The monoisotopic (exact) mass is 247 g/mol. The number of rotatable bonds is 3. The number of furan rings is 1. The summed E-state index contributed by atoms with van der Waals surface area (Å²) in [6.45, 7) is 0. The fourth-order valence-corrected chi connectivity index (χ4v) is 1.26. The molecule has 72 valence electrons. The third-order valence-electron chi connectivity index (χ3n) is 1.55. The minimum Gasteiger partial charge on any atom is -0.468 e. The standard InChI is InChI=1S/C8H10BrNO3/c1-12-8(11)7(10)3-6-2-5(9)4-13-6/h2,4,7H,3,10H2,1H3. The molecule has 13 heavy (non-hydrogen) atoms. The van der Waals surface area contributed by atoms with E-state index >= 15 is 0 Å². The highest BCUT2D eigenvalue weighted by Gasteiger charge is 2.15. The van der Waals surface area contributed by atoms with Crippen LogP contribution in [0.25, 0.3) is 0 Å². The average molecular weight is 248 g/mol. The molecular weight excluding hydrogens is 238 g/mol. The quantitative estimate of drug-likeness (QED) is 0.813. The van der Waals surface area contributed by atoms with E-state index < -0.39 is 12.0 Å². The lowest BCUT2D eigenvalue weighted by Gasteiger charge is -2.05. The molecule has 4 nitrogen and oxygen atoms in total. The molecule has 1 aromatic heterocycles. The van der Waals surface area contributed by atoms with E-state index in [9.17, 15) is 4.79 Å². The zero-order valence-corrected chi connectivity index (χ0v) is 8.71. The maximum atomic E-state index is 10.9. The van der Waals surface area contributed by atoms with Crippen LogP contribution in [0.15, 0.2) is 21.2 Å². The Morgan fingerprint density at radius 2 is 2.54 bits per heavy atom. The molecule has 0 radical (unpaired) electrons. The Morgan fingerprint density at radius 1 is 1.85 bits per heavy atom. The number of hydrogen-bond acceptors (Lipinski definition) is 4. The van der Waals surface area contributed by atoms with E-state index in [0.29, 0.717) is 12.2 Å². The summed E-state index contributed by atoms with van der Waals surface area (Å²) >= 11 is 3.23. The highest BCUT2D eigenvalue weighted by atomic mass is 79.9. The van der Waals surface area contributed by atoms with Gasteiger partial charge in [-0.1, -0.05) is 0 Å². The van der Waals surface area contributed by atoms with E-state index in [2.05, 4.69) is 20.7 Å². The Hall–Kier alpha value is -0.810. The number of hydrogen-bond donors (Lipinski definition) is 1. The van der Waals surface area contributed by atoms with Crippen molar-refractivity contribution in [3.05, 3.63) is 22.6 Å². The van der Waals surface area contributed by atoms with Crippen molar-refractivity contribution < 1.29 is 13.9 Å². The first kappa shape index (κ1) is 10.3. The van der Waals surface area contributed by atoms with Crippen LogP contribution in [0, 0.1) is 0 Å². The van der Waals surface area contributed by atoms with E-state index in [1.54, 1.807) is 12.3 Å². The first-order chi connectivity index (χ1) is 6.13. The number of carbonyl (C=O) groups excluding carboxylic acids is 1. The second kappa shape index (κ2) is 4.43. The summed E-state index contributed by atoms with van der Waals surface area (Å²) in [4.78, 5) is 10.9. The minimum atomic E-state index is -0.664. The Balaban J connectivity index is 2.54. The Bertz CT molecular complexity index is 297. The lowest BCUT2D eigenvalue weighted by molar-refractivity contribution is -0.142. The fraction of sp³-hybridized carbons (Fsp3) is 0.375. The second-order valence-corrected chi connectivity index (χ2v) is 3.48. The first-order valence-electron chi connectivity index (χ1n) is 3.70. The van der Waals surface area contributed by atoms with Gasteiger partial charge in [0.25, 0.3) is 0 Å². The van der Waals surface area contributed by atoms with E-state index in [1.807, 2.05) is 0 Å². The lowest BCUT2D eigenvalue weighted by atomic mass is 10.2. The van der Waals surface area contributed by atoms with Crippen LogP contribution >= 0.6 is 15.9 Å². The highest BCUT2D eigenvalue weighted by molar-refractivity contribution is 9.10. The molecule has 1 aromatic rings. The molecule has 0 amide bonds. The van der Waals surface area contributed by atoms with Crippen molar-refractivity contribution in [2.24, 2.45) is 5.73 Å². The van der Waals surface area contributed by atoms with Crippen molar-refractivity contribution in [1.29, 1.82) is 0 Å². The topological polar surface area (TPSA) is 65.5 Å². The number of ether oxygens (including phenoxy) is 1. The molecule has 0 aliphatic carbocycles. The molecule has 0 saturated heterocycles. The lowest BCUT2D eigenvalue weighted by Crippen LogP contribution is -2.33. The van der Waals surface area contributed by atoms with Crippen LogP contribution in [0.4, 0.5) is 0 Å². The summed E-state index contributed by atoms with van der Waals surface area (Å²) in [6, 6.07) is 1.10. The van der Waals surface area contributed by atoms with Crippen molar-refractivity contribution in [2.75, 3.05) is 7.11 Å². The van der Waals surface area contributed by atoms with Gasteiger partial charge in [0, 0.05) is 6.42 Å². The third-order valence-corrected chi connectivity index (χ3v) is 1.96. The molecule has 1 unspecified atom stereocenters. The molecule has 0 bridgehead atoms. The van der Waals surface area contributed by atoms with E-state index in [1.165, 1.54) is 7.11 Å². The fourth-order valence-electron chi connectivity index (χ4n) is 0.912. The van der Waals surface area contributed by atoms with E-state index in [0.717, 1.165) is 4.47 Å². The molecule has 1 heterocycles. The van der Waals surface area contributed by atoms with Gasteiger partial charge < -0.3 is 14.9 Å². The number of halogens is 1. The SMILES string of the molecule is COC(=O)C(N)Cc1cc(Br)co1. The summed E-state index contributed by atoms with van der Waals surface area (Å²) < 4.78 is 10.4. The summed E-state index contributed by atoms with van der Waals surface area (Å²) in [5.41, 5.74) is 5.52. The first-order valence-corrected chi connectivity index (χ1v) is 4.49. The number of methoxy groups -OCH3 is 1. The van der Waals surface area contributed by atoms with Crippen molar-refractivity contribution in [1.82, 2.24) is 0 Å². The molecule has 1 rings (SSSR count). The van der Waals surface area contributed by atoms with Crippen LogP contribution < -0.4 is 5.73 Å². The third kappa shape index (κ3) is 2.86. The Labute approximate surface area is 84.2 Å². The summed E-state index contributed by atoms with van der Waals surface area (Å²) in [6.07, 6.45) is 1.89. The largest absolute Gasteiger partial charge is 0.468 e. The van der Waals surface area contributed by atoms with Crippen LogP contribution in [-0.2, 0) is 16.0 Å². The zero-order chi connectivity index (χ0) is 9.84. The zero-order valence-electron chi connectivity index (χ0n) is 7.12. The van der Waals surface area contributed by atoms with Gasteiger partial charge in [-0.15, -0.1) is 0 Å². The van der Waals surface area contributed by atoms with Crippen molar-refractivity contribution in [3.8, 4) is 0 Å². The molecule has 2 N–H and O–H groups in total. The molecule has 0 aromatic carbocycles. The second-order valence-electron chi connectivity index (χ2n) is 2.57. The summed E-state index contributed by atoms with van der Waals surface area (Å²) in [5, 5.41) is 0. The summed E-state index contributed by atoms with van der Waals surface area (Å²) in [5.74, 6) is 0.220. The molecule has 0 saturated carbocycles. The maximum absolute atomic E-state index is 10.9. The maximum Gasteiger partial charge on any atom is 0.323 e. The predicted molar refractivity (Wildman–Crippen MR) is 50.1 cm³/mol. The van der Waals surface area contributed by atoms with Crippen LogP contribution in [0.1, 0.15) is 5.76 Å². The van der Waals surface area contributed by atoms with Gasteiger partial charge in [0.15, 0.2) is 0 Å². The molecule has 0 fully saturated rings. The highest BCUT2D eigenvalue weighted by Crippen LogP contribution is 2.15. The normalized spacial score (nSPS) is 12.5. The molecule has 5 heteroatoms. The van der Waals surface area contributed by atoms with Gasteiger partial charge in [-0.2, -0.15) is 0 Å². The molecule has 0 aliphatic rings.